The molecule has 0 N–H and O–H groups in total. The van der Waals surface area contributed by atoms with E-state index in [4.69, 9.17) is 11.6 Å². The van der Waals surface area contributed by atoms with Crippen LogP contribution >= 0.6 is 11.6 Å². The van der Waals surface area contributed by atoms with Gasteiger partial charge in [0.05, 0.1) is 0 Å². The summed E-state index contributed by atoms with van der Waals surface area (Å²) in [5.41, 5.74) is 0.156. The minimum Gasteiger partial charge on any atom is -0.337 e. The van der Waals surface area contributed by atoms with Gasteiger partial charge in [-0.05, 0) is 23.8 Å². The number of hydrogen-bond acceptors (Lipinski definition) is 1. The van der Waals surface area contributed by atoms with Crippen molar-refractivity contribution in [1.29, 1.82) is 0 Å². The van der Waals surface area contributed by atoms with Crippen LogP contribution in [0.1, 0.15) is 15.9 Å². The number of benzene rings is 2. The maximum atomic E-state index is 13.6. The van der Waals surface area contributed by atoms with Crippen molar-refractivity contribution in [3.8, 4) is 0 Å². The molecule has 0 saturated carbocycles. The number of nitrogens with zero attached hydrogens (tertiary/aromatic N) is 1. The van der Waals surface area contributed by atoms with Crippen molar-refractivity contribution in [3.63, 3.8) is 0 Å². The van der Waals surface area contributed by atoms with Gasteiger partial charge in [-0.15, -0.1) is 0 Å². The van der Waals surface area contributed by atoms with Crippen LogP contribution in [0.4, 0.5) is 8.78 Å². The smallest absolute Gasteiger partial charge is 0.259 e. The summed E-state index contributed by atoms with van der Waals surface area (Å²) >= 11 is 6.00. The maximum Gasteiger partial charge on any atom is 0.259 e. The number of hydrogen-bond donors (Lipinski definition) is 0. The average molecular weight is 296 g/mol. The largest absolute Gasteiger partial charge is 0.337 e. The topological polar surface area (TPSA) is 20.3 Å². The summed E-state index contributed by atoms with van der Waals surface area (Å²) < 4.78 is 27.1. The molecule has 0 aliphatic heterocycles. The lowest BCUT2D eigenvalue weighted by Crippen LogP contribution is -2.28. The number of amides is 1. The Morgan fingerprint density at radius 1 is 1.10 bits per heavy atom. The molecule has 104 valence electrons. The van der Waals surface area contributed by atoms with E-state index in [9.17, 15) is 13.6 Å². The molecule has 0 aromatic heterocycles. The van der Waals surface area contributed by atoms with Gasteiger partial charge in [0, 0.05) is 18.6 Å². The van der Waals surface area contributed by atoms with E-state index < -0.39 is 23.1 Å². The molecular formula is C15H12ClF2NO. The lowest BCUT2D eigenvalue weighted by Gasteiger charge is -2.18. The van der Waals surface area contributed by atoms with Gasteiger partial charge in [-0.2, -0.15) is 0 Å². The summed E-state index contributed by atoms with van der Waals surface area (Å²) in [5.74, 6) is -2.47. The molecule has 0 aliphatic carbocycles. The Morgan fingerprint density at radius 2 is 1.70 bits per heavy atom. The fourth-order valence-electron chi connectivity index (χ4n) is 1.85. The zero-order valence-electron chi connectivity index (χ0n) is 10.7. The molecule has 0 fully saturated rings. The van der Waals surface area contributed by atoms with Crippen LogP contribution < -0.4 is 0 Å². The normalized spacial score (nSPS) is 10.4. The molecule has 1 amide bonds. The highest BCUT2D eigenvalue weighted by Crippen LogP contribution is 2.19. The average Bonchev–Trinajstić information content (AvgIpc) is 2.41. The SMILES string of the molecule is CN(Cc1ccccc1Cl)C(=O)c1c(F)cccc1F. The van der Waals surface area contributed by atoms with E-state index in [0.29, 0.717) is 10.6 Å². The minimum absolute atomic E-state index is 0.173. The highest BCUT2D eigenvalue weighted by molar-refractivity contribution is 6.31. The number of rotatable bonds is 3. The Labute approximate surface area is 120 Å². The summed E-state index contributed by atoms with van der Waals surface area (Å²) in [6.45, 7) is 0.173. The third-order valence-corrected chi connectivity index (χ3v) is 3.26. The molecule has 2 aromatic carbocycles. The lowest BCUT2D eigenvalue weighted by atomic mass is 10.1. The maximum absolute atomic E-state index is 13.6. The van der Waals surface area contributed by atoms with E-state index in [1.165, 1.54) is 18.0 Å². The van der Waals surface area contributed by atoms with Gasteiger partial charge < -0.3 is 4.90 Å². The van der Waals surface area contributed by atoms with Gasteiger partial charge in [0.1, 0.15) is 17.2 Å². The predicted octanol–water partition coefficient (Wildman–Crippen LogP) is 3.89. The third kappa shape index (κ3) is 2.96. The van der Waals surface area contributed by atoms with Crippen LogP contribution in [0.5, 0.6) is 0 Å². The van der Waals surface area contributed by atoms with Gasteiger partial charge in [0.2, 0.25) is 0 Å². The van der Waals surface area contributed by atoms with E-state index in [-0.39, 0.29) is 6.54 Å². The van der Waals surface area contributed by atoms with Crippen molar-refractivity contribution in [2.24, 2.45) is 0 Å². The second kappa shape index (κ2) is 6.01. The van der Waals surface area contributed by atoms with E-state index in [0.717, 1.165) is 12.1 Å². The summed E-state index contributed by atoms with van der Waals surface area (Å²) in [6, 6.07) is 10.3. The van der Waals surface area contributed by atoms with Gasteiger partial charge >= 0.3 is 0 Å². The summed E-state index contributed by atoms with van der Waals surface area (Å²) in [5, 5.41) is 0.501. The van der Waals surface area contributed by atoms with Crippen molar-refractivity contribution in [1.82, 2.24) is 4.90 Å². The Bertz CT molecular complexity index is 625. The molecule has 2 rings (SSSR count). The second-order valence-corrected chi connectivity index (χ2v) is 4.76. The van der Waals surface area contributed by atoms with Crippen molar-refractivity contribution in [2.45, 2.75) is 6.54 Å². The zero-order chi connectivity index (χ0) is 14.7. The zero-order valence-corrected chi connectivity index (χ0v) is 11.5. The summed E-state index contributed by atoms with van der Waals surface area (Å²) in [4.78, 5) is 13.3. The van der Waals surface area contributed by atoms with Crippen LogP contribution in [-0.2, 0) is 6.54 Å². The number of halogens is 3. The summed E-state index contributed by atoms with van der Waals surface area (Å²) in [7, 11) is 1.47. The number of carbonyl (C=O) groups excluding carboxylic acids is 1. The molecule has 0 radical (unpaired) electrons. The van der Waals surface area contributed by atoms with Crippen LogP contribution in [0.15, 0.2) is 42.5 Å². The van der Waals surface area contributed by atoms with E-state index in [1.807, 2.05) is 0 Å². The first-order valence-corrected chi connectivity index (χ1v) is 6.31. The van der Waals surface area contributed by atoms with E-state index in [1.54, 1.807) is 24.3 Å². The highest BCUT2D eigenvalue weighted by atomic mass is 35.5. The van der Waals surface area contributed by atoms with Crippen LogP contribution in [0.2, 0.25) is 5.02 Å². The van der Waals surface area contributed by atoms with Crippen molar-refractivity contribution < 1.29 is 13.6 Å². The van der Waals surface area contributed by atoms with Gasteiger partial charge in [0.25, 0.3) is 5.91 Å². The molecular weight excluding hydrogens is 284 g/mol. The molecule has 0 heterocycles. The van der Waals surface area contributed by atoms with Crippen LogP contribution in [-0.4, -0.2) is 17.9 Å². The Balaban J connectivity index is 2.24. The van der Waals surface area contributed by atoms with Gasteiger partial charge in [-0.3, -0.25) is 4.79 Å². The molecule has 0 bridgehead atoms. The van der Waals surface area contributed by atoms with Crippen LogP contribution in [0.3, 0.4) is 0 Å². The lowest BCUT2D eigenvalue weighted by molar-refractivity contribution is 0.0775. The molecule has 0 unspecified atom stereocenters. The van der Waals surface area contributed by atoms with Gasteiger partial charge in [-0.1, -0.05) is 35.9 Å². The predicted molar refractivity (Wildman–Crippen MR) is 73.6 cm³/mol. The molecule has 2 nitrogen and oxygen atoms in total. The molecule has 0 aliphatic rings. The fourth-order valence-corrected chi connectivity index (χ4v) is 2.04. The van der Waals surface area contributed by atoms with Crippen LogP contribution in [0, 0.1) is 11.6 Å². The molecule has 0 spiro atoms. The van der Waals surface area contributed by atoms with Crippen molar-refractivity contribution in [3.05, 3.63) is 70.2 Å². The summed E-state index contributed by atoms with van der Waals surface area (Å²) in [6.07, 6.45) is 0. The van der Waals surface area contributed by atoms with E-state index in [2.05, 4.69) is 0 Å². The third-order valence-electron chi connectivity index (χ3n) is 2.89. The standard InChI is InChI=1S/C15H12ClF2NO/c1-19(9-10-5-2-3-6-11(10)16)15(20)14-12(17)7-4-8-13(14)18/h2-8H,9H2,1H3. The molecule has 0 atom stereocenters. The molecule has 2 aromatic rings. The monoisotopic (exact) mass is 295 g/mol. The van der Waals surface area contributed by atoms with Crippen molar-refractivity contribution >= 4 is 17.5 Å². The van der Waals surface area contributed by atoms with Crippen LogP contribution in [0.25, 0.3) is 0 Å². The molecule has 20 heavy (non-hydrogen) atoms. The molecule has 0 saturated heterocycles. The van der Waals surface area contributed by atoms with Crippen molar-refractivity contribution in [2.75, 3.05) is 7.05 Å². The Hall–Kier alpha value is -1.94. The first-order valence-electron chi connectivity index (χ1n) is 5.93. The molecule has 5 heteroatoms. The first kappa shape index (κ1) is 14.5. The quantitative estimate of drug-likeness (QED) is 0.841. The number of carbonyl (C=O) groups is 1. The second-order valence-electron chi connectivity index (χ2n) is 4.35. The van der Waals surface area contributed by atoms with Gasteiger partial charge in [-0.25, -0.2) is 8.78 Å². The first-order chi connectivity index (χ1) is 9.50. The Morgan fingerprint density at radius 3 is 2.30 bits per heavy atom. The highest BCUT2D eigenvalue weighted by Gasteiger charge is 2.21. The Kier molecular flexibility index (Phi) is 4.35. The van der Waals surface area contributed by atoms with E-state index >= 15 is 0 Å². The minimum atomic E-state index is -0.874. The van der Waals surface area contributed by atoms with Gasteiger partial charge in [0.15, 0.2) is 0 Å². The fraction of sp³-hybridized carbons (Fsp3) is 0.133.